The molecule has 5 heteroatoms. The molecular formula is C24H30N2O2S. The third-order valence-corrected chi connectivity index (χ3v) is 7.12. The van der Waals surface area contributed by atoms with Crippen LogP contribution >= 0.6 is 11.5 Å². The van der Waals surface area contributed by atoms with Gasteiger partial charge in [0, 0.05) is 6.54 Å². The van der Waals surface area contributed by atoms with Crippen molar-refractivity contribution in [2.45, 2.75) is 45.1 Å². The molecule has 1 heterocycles. The minimum absolute atomic E-state index is 0.151. The van der Waals surface area contributed by atoms with Gasteiger partial charge in [-0.25, -0.2) is 0 Å². The van der Waals surface area contributed by atoms with Gasteiger partial charge in [-0.3, -0.25) is 8.75 Å². The Morgan fingerprint density at radius 3 is 2.86 bits per heavy atom. The van der Waals surface area contributed by atoms with E-state index in [1.54, 1.807) is 18.6 Å². The summed E-state index contributed by atoms with van der Waals surface area (Å²) < 4.78 is 8.53. The SMILES string of the molecule is COc1cccc2c1CC(CCCNCCCn1sc3ccccc3c1=O)CC2. The van der Waals surface area contributed by atoms with Gasteiger partial charge in [-0.1, -0.05) is 35.8 Å². The molecule has 0 spiro atoms. The van der Waals surface area contributed by atoms with E-state index in [-0.39, 0.29) is 5.56 Å². The van der Waals surface area contributed by atoms with E-state index in [0.717, 1.165) is 54.2 Å². The number of benzene rings is 2. The zero-order valence-corrected chi connectivity index (χ0v) is 18.0. The zero-order chi connectivity index (χ0) is 20.1. The number of hydrogen-bond acceptors (Lipinski definition) is 4. The molecule has 1 aliphatic carbocycles. The molecule has 4 nitrogen and oxygen atoms in total. The van der Waals surface area contributed by atoms with Crippen LogP contribution in [-0.2, 0) is 19.4 Å². The first kappa shape index (κ1) is 20.2. The predicted molar refractivity (Wildman–Crippen MR) is 121 cm³/mol. The highest BCUT2D eigenvalue weighted by Crippen LogP contribution is 2.33. The van der Waals surface area contributed by atoms with Crippen LogP contribution in [0.5, 0.6) is 5.75 Å². The van der Waals surface area contributed by atoms with Crippen LogP contribution in [0.2, 0.25) is 0 Å². The van der Waals surface area contributed by atoms with Gasteiger partial charge in [0.05, 0.1) is 17.2 Å². The minimum Gasteiger partial charge on any atom is -0.496 e. The lowest BCUT2D eigenvalue weighted by atomic mass is 9.81. The molecule has 0 saturated carbocycles. The summed E-state index contributed by atoms with van der Waals surface area (Å²) in [4.78, 5) is 12.3. The largest absolute Gasteiger partial charge is 0.496 e. The molecule has 1 aromatic heterocycles. The van der Waals surface area contributed by atoms with Gasteiger partial charge >= 0.3 is 0 Å². The normalized spacial score (nSPS) is 16.1. The van der Waals surface area contributed by atoms with Gasteiger partial charge in [0.2, 0.25) is 0 Å². The van der Waals surface area contributed by atoms with Crippen molar-refractivity contribution in [3.8, 4) is 5.75 Å². The number of aryl methyl sites for hydroxylation is 2. The van der Waals surface area contributed by atoms with Crippen molar-refractivity contribution in [3.05, 3.63) is 63.9 Å². The second-order valence-electron chi connectivity index (χ2n) is 7.95. The first-order valence-electron chi connectivity index (χ1n) is 10.7. The summed E-state index contributed by atoms with van der Waals surface area (Å²) in [6.45, 7) is 2.81. The summed E-state index contributed by atoms with van der Waals surface area (Å²) in [5.41, 5.74) is 3.04. The van der Waals surface area contributed by atoms with Crippen LogP contribution in [0.25, 0.3) is 10.1 Å². The van der Waals surface area contributed by atoms with Crippen molar-refractivity contribution >= 4 is 21.6 Å². The third-order valence-electron chi connectivity index (χ3n) is 6.00. The van der Waals surface area contributed by atoms with E-state index in [0.29, 0.717) is 0 Å². The van der Waals surface area contributed by atoms with Crippen molar-refractivity contribution in [2.24, 2.45) is 5.92 Å². The number of fused-ring (bicyclic) bond motifs is 2. The number of methoxy groups -OCH3 is 1. The Morgan fingerprint density at radius 2 is 2.00 bits per heavy atom. The molecule has 1 unspecified atom stereocenters. The lowest BCUT2D eigenvalue weighted by molar-refractivity contribution is 0.376. The molecule has 0 fully saturated rings. The van der Waals surface area contributed by atoms with Gasteiger partial charge in [0.15, 0.2) is 0 Å². The molecule has 0 bridgehead atoms. The fourth-order valence-electron chi connectivity index (χ4n) is 4.42. The van der Waals surface area contributed by atoms with Crippen molar-refractivity contribution in [3.63, 3.8) is 0 Å². The Bertz CT molecular complexity index is 993. The number of ether oxygens (including phenoxy) is 1. The van der Waals surface area contributed by atoms with Gasteiger partial charge in [0.1, 0.15) is 5.75 Å². The van der Waals surface area contributed by atoms with E-state index < -0.39 is 0 Å². The molecule has 2 aromatic carbocycles. The summed E-state index contributed by atoms with van der Waals surface area (Å²) in [5, 5.41) is 4.40. The van der Waals surface area contributed by atoms with Crippen molar-refractivity contribution in [1.82, 2.24) is 9.27 Å². The van der Waals surface area contributed by atoms with Crippen molar-refractivity contribution in [2.75, 3.05) is 20.2 Å². The van der Waals surface area contributed by atoms with Crippen molar-refractivity contribution < 1.29 is 4.74 Å². The second-order valence-corrected chi connectivity index (χ2v) is 9.01. The van der Waals surface area contributed by atoms with Crippen LogP contribution in [0.15, 0.2) is 47.3 Å². The van der Waals surface area contributed by atoms with Crippen LogP contribution in [0.4, 0.5) is 0 Å². The molecule has 0 radical (unpaired) electrons. The van der Waals surface area contributed by atoms with E-state index >= 15 is 0 Å². The Hall–Kier alpha value is -2.11. The standard InChI is InChI=1S/C24H30N2O2S/c1-28-22-10-4-8-19-13-12-18(17-21(19)22)7-5-14-25-15-6-16-26-24(27)20-9-2-3-11-23(20)29-26/h2-4,8-11,18,25H,5-7,12-17H2,1H3. The molecule has 3 aromatic rings. The molecule has 29 heavy (non-hydrogen) atoms. The third kappa shape index (κ3) is 4.73. The van der Waals surface area contributed by atoms with Crippen LogP contribution in [-0.4, -0.2) is 24.2 Å². The number of nitrogens with one attached hydrogen (secondary N) is 1. The number of nitrogens with zero attached hydrogens (tertiary/aromatic N) is 1. The molecule has 1 aliphatic rings. The maximum Gasteiger partial charge on any atom is 0.268 e. The van der Waals surface area contributed by atoms with Gasteiger partial charge in [0.25, 0.3) is 5.56 Å². The summed E-state index contributed by atoms with van der Waals surface area (Å²) in [6, 6.07) is 14.3. The number of aromatic nitrogens is 1. The summed E-state index contributed by atoms with van der Waals surface area (Å²) in [5.74, 6) is 1.82. The number of rotatable bonds is 9. The summed E-state index contributed by atoms with van der Waals surface area (Å²) in [6.07, 6.45) is 7.07. The van der Waals surface area contributed by atoms with E-state index in [2.05, 4.69) is 23.5 Å². The lowest BCUT2D eigenvalue weighted by Gasteiger charge is -2.26. The fraction of sp³-hybridized carbons (Fsp3) is 0.458. The first-order chi connectivity index (χ1) is 14.3. The summed E-state index contributed by atoms with van der Waals surface area (Å²) in [7, 11) is 1.77. The van der Waals surface area contributed by atoms with Gasteiger partial charge in [-0.05, 0) is 86.9 Å². The second kappa shape index (κ2) is 9.59. The molecular weight excluding hydrogens is 380 g/mol. The van der Waals surface area contributed by atoms with Gasteiger partial charge in [-0.15, -0.1) is 0 Å². The maximum atomic E-state index is 12.3. The van der Waals surface area contributed by atoms with Crippen LogP contribution in [0.3, 0.4) is 0 Å². The maximum absolute atomic E-state index is 12.3. The Morgan fingerprint density at radius 1 is 1.14 bits per heavy atom. The Labute approximate surface area is 176 Å². The smallest absolute Gasteiger partial charge is 0.268 e. The zero-order valence-electron chi connectivity index (χ0n) is 17.2. The Kier molecular flexibility index (Phi) is 6.67. The highest BCUT2D eigenvalue weighted by atomic mass is 32.1. The fourth-order valence-corrected chi connectivity index (χ4v) is 5.45. The molecule has 0 amide bonds. The van der Waals surface area contributed by atoms with E-state index in [4.69, 9.17) is 4.74 Å². The molecule has 1 N–H and O–H groups in total. The molecule has 154 valence electrons. The lowest BCUT2D eigenvalue weighted by Crippen LogP contribution is -2.22. The van der Waals surface area contributed by atoms with Gasteiger partial charge < -0.3 is 10.1 Å². The monoisotopic (exact) mass is 410 g/mol. The number of hydrogen-bond donors (Lipinski definition) is 1. The highest BCUT2D eigenvalue weighted by Gasteiger charge is 2.21. The van der Waals surface area contributed by atoms with Crippen LogP contribution < -0.4 is 15.6 Å². The quantitative estimate of drug-likeness (QED) is 0.523. The molecule has 0 aliphatic heterocycles. The van der Waals surface area contributed by atoms with E-state index in [1.165, 1.54) is 36.8 Å². The van der Waals surface area contributed by atoms with Gasteiger partial charge in [-0.2, -0.15) is 0 Å². The molecule has 0 saturated heterocycles. The minimum atomic E-state index is 0.151. The topological polar surface area (TPSA) is 43.3 Å². The van der Waals surface area contributed by atoms with Crippen molar-refractivity contribution in [1.29, 1.82) is 0 Å². The van der Waals surface area contributed by atoms with E-state index in [1.807, 2.05) is 28.2 Å². The van der Waals surface area contributed by atoms with Crippen LogP contribution in [0, 0.1) is 5.92 Å². The molecule has 4 rings (SSSR count). The Balaban J connectivity index is 1.15. The van der Waals surface area contributed by atoms with E-state index in [9.17, 15) is 4.79 Å². The average molecular weight is 411 g/mol. The highest BCUT2D eigenvalue weighted by molar-refractivity contribution is 7.13. The summed E-state index contributed by atoms with van der Waals surface area (Å²) >= 11 is 1.57. The first-order valence-corrected chi connectivity index (χ1v) is 11.5. The average Bonchev–Trinajstić information content (AvgIpc) is 3.08. The molecule has 1 atom stereocenters. The predicted octanol–water partition coefficient (Wildman–Crippen LogP) is 4.64. The van der Waals surface area contributed by atoms with Crippen LogP contribution in [0.1, 0.15) is 36.8 Å².